The molecular formula is C33H32N2O7. The molecule has 0 spiro atoms. The molecule has 42 heavy (non-hydrogen) atoms. The Labute approximate surface area is 243 Å². The zero-order valence-corrected chi connectivity index (χ0v) is 23.4. The molecule has 3 fully saturated rings. The van der Waals surface area contributed by atoms with E-state index in [0.29, 0.717) is 11.1 Å². The number of benzene rings is 2. The fourth-order valence-electron chi connectivity index (χ4n) is 7.26. The molecule has 2 aliphatic heterocycles. The highest BCUT2D eigenvalue weighted by Gasteiger charge is 2.68. The van der Waals surface area contributed by atoms with Crippen LogP contribution in [0.2, 0.25) is 0 Å². The first-order chi connectivity index (χ1) is 20.2. The van der Waals surface area contributed by atoms with Crippen LogP contribution in [-0.4, -0.2) is 64.4 Å². The van der Waals surface area contributed by atoms with E-state index in [9.17, 15) is 28.8 Å². The lowest BCUT2D eigenvalue weighted by Crippen LogP contribution is -2.50. The number of likely N-dealkylation sites (tertiary alicyclic amines) is 2. The molecule has 9 heteroatoms. The van der Waals surface area contributed by atoms with E-state index in [2.05, 4.69) is 0 Å². The van der Waals surface area contributed by atoms with E-state index in [1.54, 1.807) is 61.5 Å². The SMILES string of the molecule is CC(CC(=O)c1ccccc1)CN1C(=O)C2C3C=CC(C2C1=O)C1C(=O)N(CC(C)OC(=O)c2ccccc2)C(=O)C31. The van der Waals surface area contributed by atoms with Gasteiger partial charge < -0.3 is 4.74 Å². The number of ether oxygens (including phenoxy) is 1. The Hall–Kier alpha value is -4.40. The van der Waals surface area contributed by atoms with Gasteiger partial charge in [0.05, 0.1) is 35.8 Å². The van der Waals surface area contributed by atoms with Crippen LogP contribution in [0.5, 0.6) is 0 Å². The summed E-state index contributed by atoms with van der Waals surface area (Å²) in [5.41, 5.74) is 0.949. The van der Waals surface area contributed by atoms with Crippen molar-refractivity contribution in [1.82, 2.24) is 9.80 Å². The lowest BCUT2D eigenvalue weighted by molar-refractivity contribution is -0.141. The minimum atomic E-state index is -0.741. The van der Waals surface area contributed by atoms with E-state index in [0.717, 1.165) is 4.90 Å². The van der Waals surface area contributed by atoms with Crippen LogP contribution in [0.1, 0.15) is 41.0 Å². The van der Waals surface area contributed by atoms with Gasteiger partial charge in [0.2, 0.25) is 23.6 Å². The normalized spacial score (nSPS) is 29.0. The molecular weight excluding hydrogens is 536 g/mol. The van der Waals surface area contributed by atoms with Gasteiger partial charge in [0.15, 0.2) is 5.78 Å². The van der Waals surface area contributed by atoms with Crippen molar-refractivity contribution in [3.05, 3.63) is 83.9 Å². The Kier molecular flexibility index (Phi) is 7.12. The largest absolute Gasteiger partial charge is 0.457 e. The second kappa shape index (κ2) is 10.8. The van der Waals surface area contributed by atoms with E-state index in [1.807, 2.05) is 25.1 Å². The van der Waals surface area contributed by atoms with E-state index in [4.69, 9.17) is 4.74 Å². The number of imide groups is 2. The molecule has 8 atom stereocenters. The third-order valence-corrected chi connectivity index (χ3v) is 9.07. The first-order valence-corrected chi connectivity index (χ1v) is 14.4. The zero-order valence-electron chi connectivity index (χ0n) is 23.4. The van der Waals surface area contributed by atoms with Crippen molar-refractivity contribution >= 4 is 35.4 Å². The Bertz CT molecular complexity index is 1330. The average molecular weight is 569 g/mol. The van der Waals surface area contributed by atoms with Gasteiger partial charge in [0, 0.05) is 30.4 Å². The van der Waals surface area contributed by atoms with Crippen molar-refractivity contribution in [2.75, 3.05) is 13.1 Å². The standard InChI is InChI=1S/C33H32N2O7/c1-18(15-24(36)20-9-5-3-6-10-20)16-34-29(37)25-22-13-14-23(26(25)30(34)38)28-27(22)31(39)35(32(28)40)17-19(2)42-33(41)21-11-7-4-8-12-21/h3-14,18-19,22-23,25-28H,15-17H2,1-2H3. The molecule has 0 radical (unpaired) electrons. The topological polar surface area (TPSA) is 118 Å². The van der Waals surface area contributed by atoms with Gasteiger partial charge in [-0.25, -0.2) is 4.79 Å². The van der Waals surface area contributed by atoms with E-state index < -0.39 is 59.4 Å². The summed E-state index contributed by atoms with van der Waals surface area (Å²) in [6.45, 7) is 3.47. The predicted octanol–water partition coefficient (Wildman–Crippen LogP) is 3.16. The molecule has 5 aliphatic rings. The number of amides is 4. The Morgan fingerprint density at radius 2 is 1.10 bits per heavy atom. The summed E-state index contributed by atoms with van der Waals surface area (Å²) in [5.74, 6) is -6.39. The summed E-state index contributed by atoms with van der Waals surface area (Å²) in [6.07, 6.45) is 3.08. The summed E-state index contributed by atoms with van der Waals surface area (Å²) >= 11 is 0. The van der Waals surface area contributed by atoms with Gasteiger partial charge in [-0.1, -0.05) is 67.6 Å². The van der Waals surface area contributed by atoms with Crippen LogP contribution < -0.4 is 0 Å². The minimum Gasteiger partial charge on any atom is -0.457 e. The number of Topliss-reactive ketones (excluding diaryl/α,β-unsaturated/α-hetero) is 1. The van der Waals surface area contributed by atoms with Gasteiger partial charge in [-0.3, -0.25) is 33.8 Å². The maximum atomic E-state index is 13.6. The lowest BCUT2D eigenvalue weighted by Gasteiger charge is -2.44. The predicted molar refractivity (Wildman–Crippen MR) is 149 cm³/mol. The molecule has 2 saturated heterocycles. The van der Waals surface area contributed by atoms with Crippen molar-refractivity contribution in [3.8, 4) is 0 Å². The van der Waals surface area contributed by atoms with Crippen molar-refractivity contribution in [2.45, 2.75) is 26.4 Å². The van der Waals surface area contributed by atoms with Gasteiger partial charge >= 0.3 is 5.97 Å². The molecule has 2 bridgehead atoms. The second-order valence-electron chi connectivity index (χ2n) is 11.9. The molecule has 1 saturated carbocycles. The van der Waals surface area contributed by atoms with Crippen molar-refractivity contribution in [2.24, 2.45) is 41.4 Å². The highest BCUT2D eigenvalue weighted by Crippen LogP contribution is 2.57. The zero-order chi connectivity index (χ0) is 29.7. The van der Waals surface area contributed by atoms with Crippen LogP contribution in [0.4, 0.5) is 0 Å². The molecule has 3 aliphatic carbocycles. The Morgan fingerprint density at radius 3 is 1.57 bits per heavy atom. The number of nitrogens with zero attached hydrogens (tertiary/aromatic N) is 2. The molecule has 2 heterocycles. The van der Waals surface area contributed by atoms with Gasteiger partial charge in [-0.05, 0) is 25.0 Å². The summed E-state index contributed by atoms with van der Waals surface area (Å²) in [6, 6.07) is 17.3. The molecule has 2 aromatic rings. The molecule has 216 valence electrons. The van der Waals surface area contributed by atoms with Gasteiger partial charge in [0.25, 0.3) is 0 Å². The van der Waals surface area contributed by atoms with Crippen LogP contribution in [0.3, 0.4) is 0 Å². The number of carbonyl (C=O) groups excluding carboxylic acids is 6. The summed E-state index contributed by atoms with van der Waals surface area (Å²) in [5, 5.41) is 0. The highest BCUT2D eigenvalue weighted by atomic mass is 16.5. The summed E-state index contributed by atoms with van der Waals surface area (Å²) < 4.78 is 5.49. The van der Waals surface area contributed by atoms with Crippen molar-refractivity contribution in [1.29, 1.82) is 0 Å². The van der Waals surface area contributed by atoms with Crippen LogP contribution in [0.15, 0.2) is 72.8 Å². The fourth-order valence-corrected chi connectivity index (χ4v) is 7.26. The number of allylic oxidation sites excluding steroid dienone is 2. The molecule has 2 aromatic carbocycles. The Balaban J connectivity index is 1.14. The summed E-state index contributed by atoms with van der Waals surface area (Å²) in [7, 11) is 0. The first kappa shape index (κ1) is 27.8. The summed E-state index contributed by atoms with van der Waals surface area (Å²) in [4.78, 5) is 82.0. The molecule has 9 nitrogen and oxygen atoms in total. The molecule has 0 N–H and O–H groups in total. The molecule has 4 amide bonds. The number of ketones is 1. The molecule has 7 rings (SSSR count). The van der Waals surface area contributed by atoms with E-state index in [1.165, 1.54) is 4.90 Å². The van der Waals surface area contributed by atoms with Crippen LogP contribution in [-0.2, 0) is 23.9 Å². The maximum absolute atomic E-state index is 13.6. The average Bonchev–Trinajstić information content (AvgIpc) is 3.40. The van der Waals surface area contributed by atoms with Gasteiger partial charge in [-0.2, -0.15) is 0 Å². The van der Waals surface area contributed by atoms with Crippen LogP contribution in [0, 0.1) is 41.4 Å². The second-order valence-corrected chi connectivity index (χ2v) is 11.9. The van der Waals surface area contributed by atoms with Crippen molar-refractivity contribution in [3.63, 3.8) is 0 Å². The fraction of sp³-hybridized carbons (Fsp3) is 0.394. The molecule has 8 unspecified atom stereocenters. The van der Waals surface area contributed by atoms with E-state index in [-0.39, 0.29) is 43.0 Å². The number of carbonyl (C=O) groups is 6. The first-order valence-electron chi connectivity index (χ1n) is 14.4. The number of hydrogen-bond acceptors (Lipinski definition) is 7. The third-order valence-electron chi connectivity index (χ3n) is 9.07. The molecule has 0 aromatic heterocycles. The van der Waals surface area contributed by atoms with Gasteiger partial charge in [-0.15, -0.1) is 0 Å². The Morgan fingerprint density at radius 1 is 0.667 bits per heavy atom. The van der Waals surface area contributed by atoms with Crippen LogP contribution in [0.25, 0.3) is 0 Å². The minimum absolute atomic E-state index is 0.0594. The smallest absolute Gasteiger partial charge is 0.338 e. The lowest BCUT2D eigenvalue weighted by atomic mass is 9.54. The van der Waals surface area contributed by atoms with E-state index >= 15 is 0 Å². The highest BCUT2D eigenvalue weighted by molar-refractivity contribution is 6.11. The van der Waals surface area contributed by atoms with Crippen molar-refractivity contribution < 1.29 is 33.5 Å². The number of rotatable bonds is 9. The maximum Gasteiger partial charge on any atom is 0.338 e. The number of esters is 1. The number of hydrogen-bond donors (Lipinski definition) is 0. The monoisotopic (exact) mass is 568 g/mol. The third kappa shape index (κ3) is 4.57. The van der Waals surface area contributed by atoms with Crippen LogP contribution >= 0.6 is 0 Å². The van der Waals surface area contributed by atoms with Gasteiger partial charge in [0.1, 0.15) is 6.10 Å². The quantitative estimate of drug-likeness (QED) is 0.197.